The quantitative estimate of drug-likeness (QED) is 0.774. The van der Waals surface area contributed by atoms with Gasteiger partial charge in [-0.05, 0) is 11.6 Å². The zero-order chi connectivity index (χ0) is 14.3. The Kier molecular flexibility index (Phi) is 6.11. The molecular weight excluding hydrogens is 257 g/mol. The van der Waals surface area contributed by atoms with Crippen LogP contribution in [0.1, 0.15) is 5.56 Å². The molecule has 0 atom stereocenters. The summed E-state index contributed by atoms with van der Waals surface area (Å²) in [5, 5.41) is 3.13. The third-order valence-corrected chi connectivity index (χ3v) is 2.62. The smallest absolute Gasteiger partial charge is 0.383 e. The van der Waals surface area contributed by atoms with Crippen molar-refractivity contribution in [1.29, 1.82) is 0 Å². The molecule has 19 heavy (non-hydrogen) atoms. The number of alkyl halides is 3. The predicted molar refractivity (Wildman–Crippen MR) is 69.3 cm³/mol. The number of para-hydroxylation sites is 1. The van der Waals surface area contributed by atoms with Crippen LogP contribution < -0.4 is 10.2 Å². The van der Waals surface area contributed by atoms with Crippen LogP contribution in [-0.2, 0) is 11.3 Å². The Morgan fingerprint density at radius 3 is 2.58 bits per heavy atom. The molecule has 0 aromatic heterocycles. The van der Waals surface area contributed by atoms with Crippen LogP contribution in [0, 0.1) is 0 Å². The van der Waals surface area contributed by atoms with Gasteiger partial charge in [0.05, 0.1) is 6.61 Å². The summed E-state index contributed by atoms with van der Waals surface area (Å²) in [6.07, 6.45) is -4.20. The highest BCUT2D eigenvalue weighted by atomic mass is 19.4. The first-order valence-corrected chi connectivity index (χ1v) is 5.99. The molecule has 0 amide bonds. The van der Waals surface area contributed by atoms with Gasteiger partial charge in [0.15, 0.2) is 0 Å². The van der Waals surface area contributed by atoms with Crippen molar-refractivity contribution in [3.8, 4) is 0 Å². The second kappa shape index (κ2) is 7.35. The lowest BCUT2D eigenvalue weighted by Crippen LogP contribution is -2.32. The molecule has 1 N–H and O–H groups in total. The summed E-state index contributed by atoms with van der Waals surface area (Å²) in [7, 11) is 3.05. The standard InChI is InChI=1S/C13H19F3N2O/c1-18(10-13(14,15)16)12-6-4-3-5-11(12)9-17-7-8-19-2/h3-6,17H,7-10H2,1-2H3. The molecule has 0 bridgehead atoms. The maximum atomic E-state index is 12.4. The lowest BCUT2D eigenvalue weighted by Gasteiger charge is -2.23. The van der Waals surface area contributed by atoms with Crippen LogP contribution in [0.3, 0.4) is 0 Å². The molecule has 3 nitrogen and oxygen atoms in total. The van der Waals surface area contributed by atoms with E-state index in [1.807, 2.05) is 12.1 Å². The summed E-state index contributed by atoms with van der Waals surface area (Å²) in [4.78, 5) is 1.22. The van der Waals surface area contributed by atoms with Crippen LogP contribution in [0.4, 0.5) is 18.9 Å². The highest BCUT2D eigenvalue weighted by Gasteiger charge is 2.29. The van der Waals surface area contributed by atoms with Gasteiger partial charge < -0.3 is 15.0 Å². The van der Waals surface area contributed by atoms with Gasteiger partial charge in [0, 0.05) is 32.9 Å². The minimum atomic E-state index is -4.20. The van der Waals surface area contributed by atoms with Crippen LogP contribution in [0.5, 0.6) is 0 Å². The minimum absolute atomic E-state index is 0.516. The van der Waals surface area contributed by atoms with Crippen molar-refractivity contribution in [2.24, 2.45) is 0 Å². The number of hydrogen-bond acceptors (Lipinski definition) is 3. The van der Waals surface area contributed by atoms with Crippen molar-refractivity contribution in [3.63, 3.8) is 0 Å². The van der Waals surface area contributed by atoms with Crippen molar-refractivity contribution in [3.05, 3.63) is 29.8 Å². The number of nitrogens with one attached hydrogen (secondary N) is 1. The van der Waals surface area contributed by atoms with Crippen molar-refractivity contribution in [1.82, 2.24) is 5.32 Å². The van der Waals surface area contributed by atoms with Gasteiger partial charge in [-0.15, -0.1) is 0 Å². The van der Waals surface area contributed by atoms with Gasteiger partial charge in [-0.2, -0.15) is 13.2 Å². The number of anilines is 1. The Labute approximate surface area is 111 Å². The Bertz CT molecular complexity index is 382. The molecule has 1 aromatic rings. The van der Waals surface area contributed by atoms with Gasteiger partial charge in [0.25, 0.3) is 0 Å². The number of nitrogens with zero attached hydrogens (tertiary/aromatic N) is 1. The molecule has 0 aliphatic heterocycles. The lowest BCUT2D eigenvalue weighted by atomic mass is 10.1. The summed E-state index contributed by atoms with van der Waals surface area (Å²) >= 11 is 0. The Morgan fingerprint density at radius 2 is 1.95 bits per heavy atom. The zero-order valence-electron chi connectivity index (χ0n) is 11.1. The lowest BCUT2D eigenvalue weighted by molar-refractivity contribution is -0.119. The molecule has 0 saturated heterocycles. The average molecular weight is 276 g/mol. The van der Waals surface area contributed by atoms with Gasteiger partial charge in [0.1, 0.15) is 6.54 Å². The molecule has 0 aliphatic rings. The molecule has 0 spiro atoms. The van der Waals surface area contributed by atoms with E-state index < -0.39 is 12.7 Å². The molecular formula is C13H19F3N2O. The Hall–Kier alpha value is -1.27. The molecule has 6 heteroatoms. The molecule has 0 unspecified atom stereocenters. The molecule has 1 aromatic carbocycles. The first-order chi connectivity index (χ1) is 8.94. The minimum Gasteiger partial charge on any atom is -0.383 e. The summed E-state index contributed by atoms with van der Waals surface area (Å²) in [5.74, 6) is 0. The van der Waals surface area contributed by atoms with Gasteiger partial charge in [0.2, 0.25) is 0 Å². The number of methoxy groups -OCH3 is 1. The van der Waals surface area contributed by atoms with E-state index in [0.29, 0.717) is 25.4 Å². The number of rotatable bonds is 7. The van der Waals surface area contributed by atoms with Crippen molar-refractivity contribution < 1.29 is 17.9 Å². The van der Waals surface area contributed by atoms with E-state index in [2.05, 4.69) is 5.32 Å². The fourth-order valence-corrected chi connectivity index (χ4v) is 1.78. The Balaban J connectivity index is 2.66. The predicted octanol–water partition coefficient (Wildman–Crippen LogP) is 2.42. The summed E-state index contributed by atoms with van der Waals surface area (Å²) in [5.41, 5.74) is 1.43. The topological polar surface area (TPSA) is 24.5 Å². The third-order valence-electron chi connectivity index (χ3n) is 2.62. The number of halogens is 3. The van der Waals surface area contributed by atoms with Crippen LogP contribution in [-0.4, -0.2) is 40.0 Å². The monoisotopic (exact) mass is 276 g/mol. The fourth-order valence-electron chi connectivity index (χ4n) is 1.78. The van der Waals surface area contributed by atoms with Gasteiger partial charge in [-0.3, -0.25) is 0 Å². The van der Waals surface area contributed by atoms with E-state index in [1.165, 1.54) is 11.9 Å². The van der Waals surface area contributed by atoms with E-state index >= 15 is 0 Å². The highest BCUT2D eigenvalue weighted by molar-refractivity contribution is 5.53. The Morgan fingerprint density at radius 1 is 1.26 bits per heavy atom. The number of benzene rings is 1. The first-order valence-electron chi connectivity index (χ1n) is 5.99. The molecule has 0 aliphatic carbocycles. The van der Waals surface area contributed by atoms with Crippen molar-refractivity contribution in [2.45, 2.75) is 12.7 Å². The van der Waals surface area contributed by atoms with Crippen LogP contribution in [0.25, 0.3) is 0 Å². The van der Waals surface area contributed by atoms with Crippen molar-refractivity contribution in [2.75, 3.05) is 38.8 Å². The van der Waals surface area contributed by atoms with Gasteiger partial charge in [-0.25, -0.2) is 0 Å². The maximum absolute atomic E-state index is 12.4. The maximum Gasteiger partial charge on any atom is 0.405 e. The normalized spacial score (nSPS) is 11.6. The summed E-state index contributed by atoms with van der Waals surface area (Å²) in [6, 6.07) is 7.07. The van der Waals surface area contributed by atoms with E-state index in [0.717, 1.165) is 5.56 Å². The fraction of sp³-hybridized carbons (Fsp3) is 0.538. The molecule has 108 valence electrons. The summed E-state index contributed by atoms with van der Waals surface area (Å²) in [6.45, 7) is 0.790. The highest BCUT2D eigenvalue weighted by Crippen LogP contribution is 2.23. The number of hydrogen-bond donors (Lipinski definition) is 1. The molecule has 0 fully saturated rings. The molecule has 0 saturated carbocycles. The first kappa shape index (κ1) is 15.8. The van der Waals surface area contributed by atoms with E-state index in [-0.39, 0.29) is 0 Å². The molecule has 0 heterocycles. The summed E-state index contributed by atoms with van der Waals surface area (Å²) < 4.78 is 42.1. The number of ether oxygens (including phenoxy) is 1. The molecule has 0 radical (unpaired) electrons. The van der Waals surface area contributed by atoms with E-state index in [4.69, 9.17) is 4.74 Å². The van der Waals surface area contributed by atoms with Crippen LogP contribution in [0.15, 0.2) is 24.3 Å². The molecule has 1 rings (SSSR count). The largest absolute Gasteiger partial charge is 0.405 e. The average Bonchev–Trinajstić information content (AvgIpc) is 2.33. The van der Waals surface area contributed by atoms with Crippen LogP contribution >= 0.6 is 0 Å². The third kappa shape index (κ3) is 5.94. The second-order valence-electron chi connectivity index (χ2n) is 4.27. The van der Waals surface area contributed by atoms with Gasteiger partial charge in [-0.1, -0.05) is 18.2 Å². The second-order valence-corrected chi connectivity index (χ2v) is 4.27. The van der Waals surface area contributed by atoms with Crippen molar-refractivity contribution >= 4 is 5.69 Å². The van der Waals surface area contributed by atoms with Crippen LogP contribution in [0.2, 0.25) is 0 Å². The zero-order valence-corrected chi connectivity index (χ0v) is 11.1. The SMILES string of the molecule is COCCNCc1ccccc1N(C)CC(F)(F)F. The van der Waals surface area contributed by atoms with Gasteiger partial charge >= 0.3 is 6.18 Å². The van der Waals surface area contributed by atoms with E-state index in [1.54, 1.807) is 19.2 Å². The van der Waals surface area contributed by atoms with E-state index in [9.17, 15) is 13.2 Å².